The van der Waals surface area contributed by atoms with Gasteiger partial charge in [0.25, 0.3) is 0 Å². The number of rotatable bonds is 13. The minimum Gasteiger partial charge on any atom is -0.490 e. The first-order chi connectivity index (χ1) is 20.2. The van der Waals surface area contributed by atoms with Crippen molar-refractivity contribution in [3.63, 3.8) is 0 Å². The fraction of sp³-hybridized carbons (Fsp3) is 0.212. The highest BCUT2D eigenvalue weighted by Gasteiger charge is 2.23. The molecule has 0 unspecified atom stereocenters. The molecule has 9 heteroatoms. The summed E-state index contributed by atoms with van der Waals surface area (Å²) in [5.74, 6) is 0.719. The Balaban J connectivity index is 1.41. The second-order valence-electron chi connectivity index (χ2n) is 9.81. The van der Waals surface area contributed by atoms with E-state index in [1.54, 1.807) is 60.7 Å². The van der Waals surface area contributed by atoms with E-state index in [4.69, 9.17) is 9.47 Å². The van der Waals surface area contributed by atoms with Crippen LogP contribution in [0.2, 0.25) is 0 Å². The van der Waals surface area contributed by atoms with Gasteiger partial charge in [-0.3, -0.25) is 4.79 Å². The van der Waals surface area contributed by atoms with Crippen LogP contribution in [-0.2, 0) is 21.4 Å². The fourth-order valence-electron chi connectivity index (χ4n) is 4.25. The molecule has 0 aromatic heterocycles. The molecule has 0 saturated heterocycles. The fourth-order valence-corrected chi connectivity index (χ4v) is 5.48. The van der Waals surface area contributed by atoms with E-state index in [0.29, 0.717) is 35.8 Å². The first kappa shape index (κ1) is 30.5. The molecule has 4 aromatic carbocycles. The summed E-state index contributed by atoms with van der Waals surface area (Å²) >= 11 is 0. The Morgan fingerprint density at radius 2 is 1.62 bits per heavy atom. The van der Waals surface area contributed by atoms with E-state index in [2.05, 4.69) is 21.3 Å². The Kier molecular flexibility index (Phi) is 10.5. The highest BCUT2D eigenvalue weighted by molar-refractivity contribution is 7.89. The van der Waals surface area contributed by atoms with Crippen LogP contribution in [0.4, 0.5) is 0 Å². The van der Waals surface area contributed by atoms with Gasteiger partial charge in [-0.15, -0.1) is 0 Å². The van der Waals surface area contributed by atoms with E-state index in [-0.39, 0.29) is 11.3 Å². The maximum absolute atomic E-state index is 13.1. The predicted molar refractivity (Wildman–Crippen MR) is 164 cm³/mol. The molecule has 2 N–H and O–H groups in total. The molecular weight excluding hydrogens is 550 g/mol. The minimum absolute atomic E-state index is 0.129. The number of aryl methyl sites for hydroxylation is 2. The van der Waals surface area contributed by atoms with Crippen LogP contribution in [0, 0.1) is 13.8 Å². The standard InChI is InChI=1S/C33H35N3O5S/c1-4-40-32-20-26(15-18-31(32)41-23-27-10-8-9-25(3)19-27)22-34-35-33(37)21-30(28-11-6-5-7-12-28)36-42(38,39)29-16-13-24(2)14-17-29/h5-20,22,30,36H,4,21,23H2,1-3H3,(H,35,37)/b34-22-/t30-/m1/s1. The SMILES string of the molecule is CCOc1cc(/C=N\NC(=O)C[C@@H](NS(=O)(=O)c2ccc(C)cc2)c2ccccc2)ccc1OCc1cccc(C)c1. The van der Waals surface area contributed by atoms with E-state index in [0.717, 1.165) is 16.7 Å². The quantitative estimate of drug-likeness (QED) is 0.151. The molecule has 1 atom stereocenters. The van der Waals surface area contributed by atoms with Gasteiger partial charge in [-0.1, -0.05) is 77.9 Å². The zero-order chi connectivity index (χ0) is 30.0. The molecule has 0 fully saturated rings. The Labute approximate surface area is 247 Å². The molecule has 0 heterocycles. The number of carbonyl (C=O) groups is 1. The maximum atomic E-state index is 13.1. The van der Waals surface area contributed by atoms with Crippen molar-refractivity contribution >= 4 is 22.1 Å². The molecule has 1 amide bonds. The van der Waals surface area contributed by atoms with Crippen molar-refractivity contribution in [3.8, 4) is 11.5 Å². The third kappa shape index (κ3) is 8.76. The monoisotopic (exact) mass is 585 g/mol. The van der Waals surface area contributed by atoms with Gasteiger partial charge in [0.2, 0.25) is 15.9 Å². The smallest absolute Gasteiger partial charge is 0.242 e. The van der Waals surface area contributed by atoms with Crippen LogP contribution in [0.1, 0.15) is 47.2 Å². The second kappa shape index (κ2) is 14.4. The van der Waals surface area contributed by atoms with Gasteiger partial charge < -0.3 is 9.47 Å². The second-order valence-corrected chi connectivity index (χ2v) is 11.5. The van der Waals surface area contributed by atoms with E-state index in [9.17, 15) is 13.2 Å². The van der Waals surface area contributed by atoms with Crippen LogP contribution in [-0.4, -0.2) is 27.1 Å². The third-order valence-electron chi connectivity index (χ3n) is 6.37. The summed E-state index contributed by atoms with van der Waals surface area (Å²) in [6, 6.07) is 28.2. The Hall–Kier alpha value is -4.47. The molecule has 0 aliphatic heterocycles. The van der Waals surface area contributed by atoms with E-state index >= 15 is 0 Å². The molecule has 0 saturated carbocycles. The lowest BCUT2D eigenvalue weighted by Crippen LogP contribution is -2.32. The average molecular weight is 586 g/mol. The van der Waals surface area contributed by atoms with Crippen LogP contribution >= 0.6 is 0 Å². The molecule has 4 aromatic rings. The highest BCUT2D eigenvalue weighted by Crippen LogP contribution is 2.29. The topological polar surface area (TPSA) is 106 Å². The van der Waals surface area contributed by atoms with Crippen molar-refractivity contribution < 1.29 is 22.7 Å². The Morgan fingerprint density at radius 3 is 2.33 bits per heavy atom. The van der Waals surface area contributed by atoms with Gasteiger partial charge in [0, 0.05) is 6.42 Å². The van der Waals surface area contributed by atoms with E-state index in [1.165, 1.54) is 6.21 Å². The van der Waals surface area contributed by atoms with Crippen molar-refractivity contribution in [1.82, 2.24) is 10.1 Å². The van der Waals surface area contributed by atoms with Gasteiger partial charge >= 0.3 is 0 Å². The molecule has 42 heavy (non-hydrogen) atoms. The number of hydrazone groups is 1. The molecule has 218 valence electrons. The molecule has 4 rings (SSSR count). The maximum Gasteiger partial charge on any atom is 0.242 e. The number of benzene rings is 4. The number of hydrogen-bond donors (Lipinski definition) is 2. The van der Waals surface area contributed by atoms with Crippen LogP contribution in [0.25, 0.3) is 0 Å². The molecule has 0 radical (unpaired) electrons. The van der Waals surface area contributed by atoms with Gasteiger partial charge in [0.15, 0.2) is 11.5 Å². The van der Waals surface area contributed by atoms with Crippen LogP contribution in [0.5, 0.6) is 11.5 Å². The van der Waals surface area contributed by atoms with Gasteiger partial charge in [0.05, 0.1) is 23.8 Å². The van der Waals surface area contributed by atoms with Crippen LogP contribution in [0.3, 0.4) is 0 Å². The normalized spacial score (nSPS) is 12.2. The molecule has 0 bridgehead atoms. The average Bonchev–Trinajstić information content (AvgIpc) is 2.97. The number of sulfonamides is 1. The lowest BCUT2D eigenvalue weighted by molar-refractivity contribution is -0.121. The number of hydrogen-bond acceptors (Lipinski definition) is 6. The molecule has 0 spiro atoms. The van der Waals surface area contributed by atoms with Crippen molar-refractivity contribution in [1.29, 1.82) is 0 Å². The molecule has 0 aliphatic carbocycles. The van der Waals surface area contributed by atoms with Crippen LogP contribution < -0.4 is 19.6 Å². The highest BCUT2D eigenvalue weighted by atomic mass is 32.2. The van der Waals surface area contributed by atoms with E-state index < -0.39 is 22.0 Å². The first-order valence-electron chi connectivity index (χ1n) is 13.6. The Bertz CT molecular complexity index is 1620. The van der Waals surface area contributed by atoms with Gasteiger partial charge in [-0.05, 0) is 67.8 Å². The summed E-state index contributed by atoms with van der Waals surface area (Å²) in [5.41, 5.74) is 7.03. The van der Waals surface area contributed by atoms with Gasteiger partial charge in [0.1, 0.15) is 6.61 Å². The number of carbonyl (C=O) groups excluding carboxylic acids is 1. The summed E-state index contributed by atoms with van der Waals surface area (Å²) in [7, 11) is -3.87. The number of amides is 1. The Morgan fingerprint density at radius 1 is 0.857 bits per heavy atom. The van der Waals surface area contributed by atoms with Crippen LogP contribution in [0.15, 0.2) is 107 Å². The number of nitrogens with zero attached hydrogens (tertiary/aromatic N) is 1. The zero-order valence-corrected chi connectivity index (χ0v) is 24.7. The van der Waals surface area contributed by atoms with Gasteiger partial charge in [-0.2, -0.15) is 5.10 Å². The summed E-state index contributed by atoms with van der Waals surface area (Å²) < 4.78 is 40.6. The lowest BCUT2D eigenvalue weighted by atomic mass is 10.0. The minimum atomic E-state index is -3.87. The first-order valence-corrected chi connectivity index (χ1v) is 15.1. The number of nitrogens with one attached hydrogen (secondary N) is 2. The van der Waals surface area contributed by atoms with Crippen molar-refractivity contribution in [2.24, 2.45) is 5.10 Å². The van der Waals surface area contributed by atoms with Gasteiger partial charge in [-0.25, -0.2) is 18.6 Å². The predicted octanol–water partition coefficient (Wildman–Crippen LogP) is 5.84. The summed E-state index contributed by atoms with van der Waals surface area (Å²) in [6.45, 7) is 6.67. The van der Waals surface area contributed by atoms with E-state index in [1.807, 2.05) is 51.1 Å². The third-order valence-corrected chi connectivity index (χ3v) is 7.86. The molecule has 0 aliphatic rings. The van der Waals surface area contributed by atoms with Crippen molar-refractivity contribution in [2.45, 2.75) is 44.7 Å². The van der Waals surface area contributed by atoms with Crippen molar-refractivity contribution in [2.75, 3.05) is 6.61 Å². The number of ether oxygens (including phenoxy) is 2. The zero-order valence-electron chi connectivity index (χ0n) is 23.9. The molecule has 8 nitrogen and oxygen atoms in total. The largest absolute Gasteiger partial charge is 0.490 e. The summed E-state index contributed by atoms with van der Waals surface area (Å²) in [5, 5.41) is 4.09. The molecular formula is C33H35N3O5S. The van der Waals surface area contributed by atoms with Crippen molar-refractivity contribution in [3.05, 3.63) is 125 Å². The summed E-state index contributed by atoms with van der Waals surface area (Å²) in [4.78, 5) is 13.0. The lowest BCUT2D eigenvalue weighted by Gasteiger charge is -2.18. The summed E-state index contributed by atoms with van der Waals surface area (Å²) in [6.07, 6.45) is 1.35.